The zero-order valence-electron chi connectivity index (χ0n) is 15.2. The van der Waals surface area contributed by atoms with Crippen molar-refractivity contribution in [2.75, 3.05) is 0 Å². The molecule has 0 saturated carbocycles. The first kappa shape index (κ1) is 18.6. The van der Waals surface area contributed by atoms with Crippen molar-refractivity contribution in [2.24, 2.45) is 0 Å². The molecule has 1 amide bonds. The Hall–Kier alpha value is -3.80. The van der Waals surface area contributed by atoms with Crippen molar-refractivity contribution < 1.29 is 18.0 Å². The van der Waals surface area contributed by atoms with E-state index in [4.69, 9.17) is 4.42 Å². The molecule has 4 aromatic rings. The fourth-order valence-electron chi connectivity index (χ4n) is 2.93. The van der Waals surface area contributed by atoms with Crippen molar-refractivity contribution in [1.82, 2.24) is 10.3 Å². The molecule has 4 nitrogen and oxygen atoms in total. The van der Waals surface area contributed by atoms with Crippen LogP contribution in [0.4, 0.5) is 8.78 Å². The average molecular weight is 390 g/mol. The molecule has 1 aromatic heterocycles. The van der Waals surface area contributed by atoms with E-state index >= 15 is 0 Å². The fraction of sp³-hybridized carbons (Fsp3) is 0.0435. The third kappa shape index (κ3) is 4.06. The van der Waals surface area contributed by atoms with Crippen LogP contribution in [-0.2, 0) is 6.54 Å². The highest BCUT2D eigenvalue weighted by molar-refractivity contribution is 6.00. The van der Waals surface area contributed by atoms with Gasteiger partial charge in [0.25, 0.3) is 5.91 Å². The number of benzene rings is 3. The molecule has 1 N–H and O–H groups in total. The Labute approximate surface area is 165 Å². The lowest BCUT2D eigenvalue weighted by atomic mass is 10.1. The van der Waals surface area contributed by atoms with Gasteiger partial charge >= 0.3 is 0 Å². The number of nitrogens with zero attached hydrogens (tertiary/aromatic N) is 1. The van der Waals surface area contributed by atoms with Crippen LogP contribution in [0.25, 0.3) is 22.8 Å². The molecule has 0 atom stereocenters. The molecule has 4 rings (SSSR count). The van der Waals surface area contributed by atoms with E-state index in [1.807, 2.05) is 0 Å². The van der Waals surface area contributed by atoms with Gasteiger partial charge in [-0.15, -0.1) is 0 Å². The molecule has 0 saturated heterocycles. The quantitative estimate of drug-likeness (QED) is 0.509. The minimum absolute atomic E-state index is 0.218. The molecule has 29 heavy (non-hydrogen) atoms. The van der Waals surface area contributed by atoms with Crippen LogP contribution in [-0.4, -0.2) is 10.9 Å². The normalized spacial score (nSPS) is 10.7. The summed E-state index contributed by atoms with van der Waals surface area (Å²) in [7, 11) is 0. The van der Waals surface area contributed by atoms with Crippen LogP contribution >= 0.6 is 0 Å². The van der Waals surface area contributed by atoms with Gasteiger partial charge in [-0.2, -0.15) is 0 Å². The van der Waals surface area contributed by atoms with E-state index in [9.17, 15) is 13.6 Å². The predicted octanol–water partition coefficient (Wildman–Crippen LogP) is 5.22. The second-order valence-corrected chi connectivity index (χ2v) is 6.36. The standard InChI is InChI=1S/C23H16F2N2O2/c24-16-11-9-15(10-12-16)13-26-22(28)17-5-1-2-6-18(17)23-27-14-21(29-23)19-7-3-4-8-20(19)25/h1-12,14H,13H2,(H,26,28). The molecule has 144 valence electrons. The molecular weight excluding hydrogens is 374 g/mol. The van der Waals surface area contributed by atoms with Crippen LogP contribution in [0.2, 0.25) is 0 Å². The minimum atomic E-state index is -0.416. The van der Waals surface area contributed by atoms with Crippen molar-refractivity contribution in [3.05, 3.63) is 102 Å². The van der Waals surface area contributed by atoms with Crippen LogP contribution < -0.4 is 5.32 Å². The molecular formula is C23H16F2N2O2. The fourth-order valence-corrected chi connectivity index (χ4v) is 2.93. The molecule has 1 heterocycles. The third-order valence-electron chi connectivity index (χ3n) is 4.41. The maximum absolute atomic E-state index is 14.0. The van der Waals surface area contributed by atoms with Gasteiger partial charge in [-0.25, -0.2) is 13.8 Å². The number of carbonyl (C=O) groups is 1. The summed E-state index contributed by atoms with van der Waals surface area (Å²) in [6, 6.07) is 19.0. The Bertz CT molecular complexity index is 1150. The molecule has 0 aliphatic carbocycles. The SMILES string of the molecule is O=C(NCc1ccc(F)cc1)c1ccccc1-c1ncc(-c2ccccc2F)o1. The summed E-state index contributed by atoms with van der Waals surface area (Å²) < 4.78 is 32.7. The maximum Gasteiger partial charge on any atom is 0.252 e. The second-order valence-electron chi connectivity index (χ2n) is 6.36. The summed E-state index contributed by atoms with van der Waals surface area (Å²) in [6.45, 7) is 0.250. The lowest BCUT2D eigenvalue weighted by Crippen LogP contribution is -2.23. The van der Waals surface area contributed by atoms with Crippen molar-refractivity contribution >= 4 is 5.91 Å². The number of carbonyl (C=O) groups excluding carboxylic acids is 1. The number of aromatic nitrogens is 1. The zero-order valence-corrected chi connectivity index (χ0v) is 15.2. The van der Waals surface area contributed by atoms with Crippen molar-refractivity contribution in [3.8, 4) is 22.8 Å². The lowest BCUT2D eigenvalue weighted by Gasteiger charge is -2.08. The number of oxazole rings is 1. The van der Waals surface area contributed by atoms with Crippen molar-refractivity contribution in [1.29, 1.82) is 0 Å². The maximum atomic E-state index is 14.0. The molecule has 3 aromatic carbocycles. The number of hydrogen-bond acceptors (Lipinski definition) is 3. The highest BCUT2D eigenvalue weighted by Crippen LogP contribution is 2.29. The van der Waals surface area contributed by atoms with E-state index in [2.05, 4.69) is 10.3 Å². The average Bonchev–Trinajstić information content (AvgIpc) is 3.23. The van der Waals surface area contributed by atoms with E-state index in [0.29, 0.717) is 16.7 Å². The van der Waals surface area contributed by atoms with Gasteiger partial charge in [0.05, 0.1) is 17.3 Å². The van der Waals surface area contributed by atoms with Gasteiger partial charge in [0.2, 0.25) is 5.89 Å². The topological polar surface area (TPSA) is 55.1 Å². The monoisotopic (exact) mass is 390 g/mol. The predicted molar refractivity (Wildman–Crippen MR) is 105 cm³/mol. The van der Waals surface area contributed by atoms with Crippen LogP contribution in [0.15, 0.2) is 83.4 Å². The van der Waals surface area contributed by atoms with E-state index in [1.54, 1.807) is 54.6 Å². The summed E-state index contributed by atoms with van der Waals surface area (Å²) in [4.78, 5) is 16.9. The molecule has 0 bridgehead atoms. The second kappa shape index (κ2) is 8.06. The summed E-state index contributed by atoms with van der Waals surface area (Å²) in [5.41, 5.74) is 1.93. The highest BCUT2D eigenvalue weighted by Gasteiger charge is 2.17. The number of halogens is 2. The first-order valence-corrected chi connectivity index (χ1v) is 8.94. The lowest BCUT2D eigenvalue weighted by molar-refractivity contribution is 0.0951. The number of nitrogens with one attached hydrogen (secondary N) is 1. The van der Waals surface area contributed by atoms with Crippen LogP contribution in [0.5, 0.6) is 0 Å². The Morgan fingerprint density at radius 2 is 1.59 bits per heavy atom. The largest absolute Gasteiger partial charge is 0.436 e. The molecule has 0 aliphatic rings. The van der Waals surface area contributed by atoms with Gasteiger partial charge < -0.3 is 9.73 Å². The Kier molecular flexibility index (Phi) is 5.16. The third-order valence-corrected chi connectivity index (χ3v) is 4.41. The van der Waals surface area contributed by atoms with Crippen molar-refractivity contribution in [3.63, 3.8) is 0 Å². The van der Waals surface area contributed by atoms with Gasteiger partial charge in [0.1, 0.15) is 11.6 Å². The zero-order chi connectivity index (χ0) is 20.2. The van der Waals surface area contributed by atoms with Crippen molar-refractivity contribution in [2.45, 2.75) is 6.54 Å². The minimum Gasteiger partial charge on any atom is -0.436 e. The summed E-state index contributed by atoms with van der Waals surface area (Å²) in [5, 5.41) is 2.80. The Morgan fingerprint density at radius 3 is 2.34 bits per heavy atom. The number of rotatable bonds is 5. The molecule has 0 fully saturated rings. The van der Waals surface area contributed by atoms with Gasteiger partial charge in [-0.3, -0.25) is 4.79 Å². The van der Waals surface area contributed by atoms with Gasteiger partial charge in [0.15, 0.2) is 5.76 Å². The molecule has 0 aliphatic heterocycles. The van der Waals surface area contributed by atoms with E-state index < -0.39 is 5.82 Å². The first-order valence-electron chi connectivity index (χ1n) is 8.94. The smallest absolute Gasteiger partial charge is 0.252 e. The molecule has 0 spiro atoms. The number of amides is 1. The van der Waals surface area contributed by atoms with E-state index in [0.717, 1.165) is 5.56 Å². The molecule has 0 unspecified atom stereocenters. The van der Waals surface area contributed by atoms with Gasteiger partial charge in [0, 0.05) is 12.1 Å². The van der Waals surface area contributed by atoms with Gasteiger partial charge in [-0.1, -0.05) is 36.4 Å². The molecule has 0 radical (unpaired) electrons. The highest BCUT2D eigenvalue weighted by atomic mass is 19.1. The van der Waals surface area contributed by atoms with Crippen LogP contribution in [0.3, 0.4) is 0 Å². The Morgan fingerprint density at radius 1 is 0.897 bits per heavy atom. The first-order chi connectivity index (χ1) is 14.1. The number of hydrogen-bond donors (Lipinski definition) is 1. The van der Waals surface area contributed by atoms with Gasteiger partial charge in [-0.05, 0) is 42.0 Å². The van der Waals surface area contributed by atoms with Crippen LogP contribution in [0.1, 0.15) is 15.9 Å². The summed E-state index contributed by atoms with van der Waals surface area (Å²) in [5.74, 6) is -0.577. The van der Waals surface area contributed by atoms with Crippen LogP contribution in [0, 0.1) is 11.6 Å². The summed E-state index contributed by atoms with van der Waals surface area (Å²) in [6.07, 6.45) is 1.43. The van der Waals surface area contributed by atoms with E-state index in [1.165, 1.54) is 24.4 Å². The Balaban J connectivity index is 1.58. The van der Waals surface area contributed by atoms with E-state index in [-0.39, 0.29) is 29.9 Å². The molecule has 6 heteroatoms. The summed E-state index contributed by atoms with van der Waals surface area (Å²) >= 11 is 0.